The Morgan fingerprint density at radius 2 is 1.86 bits per heavy atom. The third kappa shape index (κ3) is 2.98. The van der Waals surface area contributed by atoms with E-state index in [1.54, 1.807) is 0 Å². The number of ketones is 1. The molecule has 1 saturated carbocycles. The van der Waals surface area contributed by atoms with E-state index in [0.29, 0.717) is 18.8 Å². The van der Waals surface area contributed by atoms with Crippen LogP contribution in [0.3, 0.4) is 0 Å². The molecule has 3 nitrogen and oxygen atoms in total. The fraction of sp³-hybridized carbons (Fsp3) is 0.611. The van der Waals surface area contributed by atoms with E-state index in [4.69, 9.17) is 4.74 Å². The molecule has 2 rings (SSSR count). The van der Waals surface area contributed by atoms with E-state index in [1.807, 2.05) is 40.1 Å². The lowest BCUT2D eigenvalue weighted by atomic mass is 9.58. The van der Waals surface area contributed by atoms with E-state index in [-0.39, 0.29) is 11.5 Å². The van der Waals surface area contributed by atoms with Crippen molar-refractivity contribution in [3.8, 4) is 5.75 Å². The average Bonchev–Trinajstić information content (AvgIpc) is 2.43. The second-order valence-electron chi connectivity index (χ2n) is 6.15. The van der Waals surface area contributed by atoms with Crippen LogP contribution in [0.4, 0.5) is 0 Å². The second-order valence-corrected chi connectivity index (χ2v) is 6.15. The summed E-state index contributed by atoms with van der Waals surface area (Å²) >= 11 is 0. The minimum absolute atomic E-state index is 0.0126. The molecule has 1 atom stereocenters. The lowest BCUT2D eigenvalue weighted by Gasteiger charge is -2.50. The molecule has 0 saturated heterocycles. The zero-order valence-corrected chi connectivity index (χ0v) is 13.7. The van der Waals surface area contributed by atoms with E-state index in [1.165, 1.54) is 12.0 Å². The maximum atomic E-state index is 12.5. The highest BCUT2D eigenvalue weighted by Crippen LogP contribution is 2.48. The highest BCUT2D eigenvalue weighted by molar-refractivity contribution is 5.86. The summed E-state index contributed by atoms with van der Waals surface area (Å²) < 4.78 is 5.52. The Morgan fingerprint density at radius 3 is 2.24 bits per heavy atom. The van der Waals surface area contributed by atoms with E-state index >= 15 is 0 Å². The van der Waals surface area contributed by atoms with Crippen molar-refractivity contribution in [3.05, 3.63) is 29.8 Å². The van der Waals surface area contributed by atoms with Gasteiger partial charge in [0.05, 0.1) is 12.6 Å². The van der Waals surface area contributed by atoms with E-state index in [2.05, 4.69) is 17.0 Å². The highest BCUT2D eigenvalue weighted by Gasteiger charge is 2.48. The van der Waals surface area contributed by atoms with Gasteiger partial charge in [-0.3, -0.25) is 9.69 Å². The standard InChI is InChI=1S/C18H27NO2/c1-5-16(20)17(19(3)4)18(12-7-13-18)14-8-10-15(11-9-14)21-6-2/h8-11,17H,5-7,12-13H2,1-4H3. The zero-order valence-electron chi connectivity index (χ0n) is 13.7. The summed E-state index contributed by atoms with van der Waals surface area (Å²) in [6.45, 7) is 4.63. The Kier molecular flexibility index (Phi) is 5.04. The Balaban J connectivity index is 2.33. The number of carbonyl (C=O) groups excluding carboxylic acids is 1. The number of hydrogen-bond acceptors (Lipinski definition) is 3. The van der Waals surface area contributed by atoms with Gasteiger partial charge in [0.2, 0.25) is 0 Å². The van der Waals surface area contributed by atoms with Crippen LogP contribution >= 0.6 is 0 Å². The molecule has 1 aromatic rings. The van der Waals surface area contributed by atoms with Gasteiger partial charge in [-0.15, -0.1) is 0 Å². The fourth-order valence-electron chi connectivity index (χ4n) is 3.61. The van der Waals surface area contributed by atoms with Gasteiger partial charge in [0.25, 0.3) is 0 Å². The molecular weight excluding hydrogens is 262 g/mol. The molecule has 3 heteroatoms. The molecule has 1 aliphatic carbocycles. The maximum absolute atomic E-state index is 12.5. The van der Waals surface area contributed by atoms with Crippen LogP contribution in [0.1, 0.15) is 45.1 Å². The van der Waals surface area contributed by atoms with Crippen molar-refractivity contribution in [2.75, 3.05) is 20.7 Å². The smallest absolute Gasteiger partial charge is 0.150 e. The molecule has 0 aromatic heterocycles. The molecule has 1 unspecified atom stereocenters. The first-order valence-corrected chi connectivity index (χ1v) is 7.97. The maximum Gasteiger partial charge on any atom is 0.150 e. The molecule has 1 aliphatic rings. The van der Waals surface area contributed by atoms with Crippen molar-refractivity contribution in [1.29, 1.82) is 0 Å². The molecule has 0 radical (unpaired) electrons. The largest absolute Gasteiger partial charge is 0.494 e. The molecule has 0 aliphatic heterocycles. The summed E-state index contributed by atoms with van der Waals surface area (Å²) in [4.78, 5) is 14.6. The van der Waals surface area contributed by atoms with Crippen LogP contribution in [-0.4, -0.2) is 37.4 Å². The summed E-state index contributed by atoms with van der Waals surface area (Å²) in [6, 6.07) is 8.33. The molecule has 1 fully saturated rings. The van der Waals surface area contributed by atoms with Crippen LogP contribution < -0.4 is 4.74 Å². The van der Waals surface area contributed by atoms with Crippen LogP contribution in [0, 0.1) is 0 Å². The molecule has 1 aromatic carbocycles. The summed E-state index contributed by atoms with van der Waals surface area (Å²) in [6.07, 6.45) is 3.99. The van der Waals surface area contributed by atoms with Crippen molar-refractivity contribution in [2.24, 2.45) is 0 Å². The van der Waals surface area contributed by atoms with Crippen molar-refractivity contribution in [3.63, 3.8) is 0 Å². The summed E-state index contributed by atoms with van der Waals surface area (Å²) in [5.41, 5.74) is 1.26. The number of hydrogen-bond donors (Lipinski definition) is 0. The Bertz CT molecular complexity index is 474. The van der Waals surface area contributed by atoms with Crippen LogP contribution in [0.15, 0.2) is 24.3 Å². The molecule has 0 spiro atoms. The summed E-state index contributed by atoms with van der Waals surface area (Å²) in [7, 11) is 4.04. The van der Waals surface area contributed by atoms with Gasteiger partial charge in [-0.1, -0.05) is 25.5 Å². The monoisotopic (exact) mass is 289 g/mol. The third-order valence-corrected chi connectivity index (χ3v) is 4.68. The number of carbonyl (C=O) groups is 1. The van der Waals surface area contributed by atoms with Crippen molar-refractivity contribution in [2.45, 2.75) is 51.0 Å². The first kappa shape index (κ1) is 16.0. The fourth-order valence-corrected chi connectivity index (χ4v) is 3.61. The topological polar surface area (TPSA) is 29.5 Å². The van der Waals surface area contributed by atoms with E-state index in [0.717, 1.165) is 18.6 Å². The van der Waals surface area contributed by atoms with Gasteiger partial charge in [-0.05, 0) is 51.6 Å². The molecule has 0 heterocycles. The van der Waals surface area contributed by atoms with Crippen LogP contribution in [0.2, 0.25) is 0 Å². The minimum Gasteiger partial charge on any atom is -0.494 e. The van der Waals surface area contributed by atoms with Crippen molar-refractivity contribution >= 4 is 5.78 Å². The zero-order chi connectivity index (χ0) is 15.5. The Hall–Kier alpha value is -1.35. The SMILES string of the molecule is CCOc1ccc(C2(C(C(=O)CC)N(C)C)CCC2)cc1. The molecule has 21 heavy (non-hydrogen) atoms. The van der Waals surface area contributed by atoms with Crippen molar-refractivity contribution in [1.82, 2.24) is 4.90 Å². The number of benzene rings is 1. The predicted octanol–water partition coefficient (Wildman–Crippen LogP) is 3.42. The first-order valence-electron chi connectivity index (χ1n) is 7.97. The number of likely N-dealkylation sites (N-methyl/N-ethyl adjacent to an activating group) is 1. The van der Waals surface area contributed by atoms with Crippen LogP contribution in [0.25, 0.3) is 0 Å². The molecule has 0 bridgehead atoms. The molecular formula is C18H27NO2. The van der Waals surface area contributed by atoms with Crippen molar-refractivity contribution < 1.29 is 9.53 Å². The number of Topliss-reactive ketones (excluding diaryl/α,β-unsaturated/α-hetero) is 1. The van der Waals surface area contributed by atoms with Gasteiger partial charge >= 0.3 is 0 Å². The van der Waals surface area contributed by atoms with Gasteiger partial charge in [0, 0.05) is 11.8 Å². The Labute approximate surface area is 128 Å². The van der Waals surface area contributed by atoms with E-state index < -0.39 is 0 Å². The quantitative estimate of drug-likeness (QED) is 0.770. The normalized spacial score (nSPS) is 18.1. The third-order valence-electron chi connectivity index (χ3n) is 4.68. The van der Waals surface area contributed by atoms with Gasteiger partial charge in [0.15, 0.2) is 5.78 Å². The van der Waals surface area contributed by atoms with E-state index in [9.17, 15) is 4.79 Å². The Morgan fingerprint density at radius 1 is 1.24 bits per heavy atom. The number of rotatable bonds is 7. The highest BCUT2D eigenvalue weighted by atomic mass is 16.5. The van der Waals surface area contributed by atoms with Gasteiger partial charge in [-0.2, -0.15) is 0 Å². The number of nitrogens with zero attached hydrogens (tertiary/aromatic N) is 1. The van der Waals surface area contributed by atoms with Crippen LogP contribution in [0.5, 0.6) is 5.75 Å². The van der Waals surface area contributed by atoms with Gasteiger partial charge in [0.1, 0.15) is 5.75 Å². The minimum atomic E-state index is -0.0193. The molecule has 0 amide bonds. The van der Waals surface area contributed by atoms with Gasteiger partial charge in [-0.25, -0.2) is 0 Å². The molecule has 116 valence electrons. The summed E-state index contributed by atoms with van der Waals surface area (Å²) in [5, 5.41) is 0. The predicted molar refractivity (Wildman–Crippen MR) is 85.9 cm³/mol. The number of ether oxygens (including phenoxy) is 1. The molecule has 0 N–H and O–H groups in total. The first-order chi connectivity index (χ1) is 10.0. The second kappa shape index (κ2) is 6.61. The van der Waals surface area contributed by atoms with Crippen LogP contribution in [-0.2, 0) is 10.2 Å². The average molecular weight is 289 g/mol. The lowest BCUT2D eigenvalue weighted by molar-refractivity contribution is -0.127. The summed E-state index contributed by atoms with van der Waals surface area (Å²) in [5.74, 6) is 1.24. The van der Waals surface area contributed by atoms with Gasteiger partial charge < -0.3 is 4.74 Å². The lowest BCUT2D eigenvalue weighted by Crippen LogP contribution is -2.56.